The van der Waals surface area contributed by atoms with E-state index in [0.717, 1.165) is 53.7 Å². The van der Waals surface area contributed by atoms with Gasteiger partial charge in [-0.1, -0.05) is 6.07 Å². The number of fused-ring (bicyclic) bond motifs is 1. The third-order valence-electron chi connectivity index (χ3n) is 5.48. The number of aryl methyl sites for hydroxylation is 1. The van der Waals surface area contributed by atoms with Gasteiger partial charge >= 0.3 is 0 Å². The number of amides is 1. The summed E-state index contributed by atoms with van der Waals surface area (Å²) < 4.78 is 2.08. The van der Waals surface area contributed by atoms with Gasteiger partial charge in [-0.3, -0.25) is 9.78 Å². The zero-order chi connectivity index (χ0) is 19.8. The molecule has 0 atom stereocenters. The smallest absolute Gasteiger partial charge is 0.256 e. The van der Waals surface area contributed by atoms with Gasteiger partial charge in [-0.05, 0) is 45.1 Å². The van der Waals surface area contributed by atoms with Gasteiger partial charge < -0.3 is 19.5 Å². The molecule has 1 aromatic carbocycles. The Bertz CT molecular complexity index is 1030. The van der Waals surface area contributed by atoms with Crippen molar-refractivity contribution in [3.8, 4) is 16.9 Å². The molecule has 3 aromatic rings. The third kappa shape index (κ3) is 4.26. The number of hydrogen-bond acceptors (Lipinski definition) is 4. The van der Waals surface area contributed by atoms with E-state index in [9.17, 15) is 9.90 Å². The largest absolute Gasteiger partial charge is 0.507 e. The summed E-state index contributed by atoms with van der Waals surface area (Å²) in [5, 5.41) is 11.6. The van der Waals surface area contributed by atoms with E-state index in [1.165, 1.54) is 0 Å². The third-order valence-corrected chi connectivity index (χ3v) is 5.48. The highest BCUT2D eigenvalue weighted by Crippen LogP contribution is 2.37. The number of likely N-dealkylation sites (tertiary alicyclic amines) is 1. The van der Waals surface area contributed by atoms with E-state index in [2.05, 4.69) is 14.5 Å². The van der Waals surface area contributed by atoms with Crippen LogP contribution in [0, 0.1) is 0 Å². The van der Waals surface area contributed by atoms with Crippen molar-refractivity contribution in [2.45, 2.75) is 19.4 Å². The SMILES string of the molecule is CN(C)Cc1c(C(=O)N2CCCC2)c2cc(O)c(-c3cccnc3)cc2n1C.Cl.Cl. The molecule has 0 radical (unpaired) electrons. The molecule has 30 heavy (non-hydrogen) atoms. The number of benzene rings is 1. The van der Waals surface area contributed by atoms with E-state index in [0.29, 0.717) is 12.1 Å². The number of aromatic nitrogens is 2. The fourth-order valence-electron chi connectivity index (χ4n) is 4.08. The lowest BCUT2D eigenvalue weighted by Gasteiger charge is -2.18. The number of rotatable bonds is 4. The summed E-state index contributed by atoms with van der Waals surface area (Å²) in [4.78, 5) is 21.5. The minimum absolute atomic E-state index is 0. The number of carbonyl (C=O) groups is 1. The van der Waals surface area contributed by atoms with Gasteiger partial charge in [0.2, 0.25) is 0 Å². The molecule has 1 amide bonds. The lowest BCUT2D eigenvalue weighted by Crippen LogP contribution is -2.29. The van der Waals surface area contributed by atoms with Gasteiger partial charge in [0, 0.05) is 66.8 Å². The molecule has 0 bridgehead atoms. The summed E-state index contributed by atoms with van der Waals surface area (Å²) in [6.45, 7) is 2.26. The molecular weight excluding hydrogens is 423 g/mol. The molecule has 0 saturated carbocycles. The van der Waals surface area contributed by atoms with Crippen LogP contribution in [0.1, 0.15) is 28.9 Å². The van der Waals surface area contributed by atoms with Crippen molar-refractivity contribution in [2.24, 2.45) is 7.05 Å². The second-order valence-electron chi connectivity index (χ2n) is 7.75. The predicted molar refractivity (Wildman–Crippen MR) is 125 cm³/mol. The van der Waals surface area contributed by atoms with Crippen molar-refractivity contribution in [1.29, 1.82) is 0 Å². The van der Waals surface area contributed by atoms with E-state index in [1.807, 2.05) is 44.2 Å². The van der Waals surface area contributed by atoms with Crippen LogP contribution >= 0.6 is 24.8 Å². The normalized spacial score (nSPS) is 13.4. The maximum absolute atomic E-state index is 13.3. The molecule has 1 N–H and O–H groups in total. The van der Waals surface area contributed by atoms with Crippen molar-refractivity contribution in [2.75, 3.05) is 27.2 Å². The first-order valence-electron chi connectivity index (χ1n) is 9.66. The van der Waals surface area contributed by atoms with Gasteiger partial charge in [0.25, 0.3) is 5.91 Å². The first-order chi connectivity index (χ1) is 13.5. The van der Waals surface area contributed by atoms with Gasteiger partial charge in [0.1, 0.15) is 5.75 Å². The summed E-state index contributed by atoms with van der Waals surface area (Å²) in [5.74, 6) is 0.228. The number of phenols is 1. The Kier molecular flexibility index (Phi) is 7.75. The van der Waals surface area contributed by atoms with E-state index < -0.39 is 0 Å². The van der Waals surface area contributed by atoms with Crippen LogP contribution < -0.4 is 0 Å². The van der Waals surface area contributed by atoms with Crippen molar-refractivity contribution < 1.29 is 9.90 Å². The van der Waals surface area contributed by atoms with Crippen LogP contribution in [-0.4, -0.2) is 57.5 Å². The Balaban J connectivity index is 0.00000160. The second kappa shape index (κ2) is 9.69. The topological polar surface area (TPSA) is 61.6 Å². The molecule has 4 rings (SSSR count). The number of nitrogens with zero attached hydrogens (tertiary/aromatic N) is 4. The van der Waals surface area contributed by atoms with E-state index >= 15 is 0 Å². The molecule has 1 aliphatic heterocycles. The minimum atomic E-state index is 0. The summed E-state index contributed by atoms with van der Waals surface area (Å²) in [6, 6.07) is 7.47. The predicted octanol–water partition coefficient (Wildman–Crippen LogP) is 4.09. The van der Waals surface area contributed by atoms with E-state index in [1.54, 1.807) is 18.5 Å². The van der Waals surface area contributed by atoms with Crippen LogP contribution in [0.4, 0.5) is 0 Å². The number of aromatic hydroxyl groups is 1. The quantitative estimate of drug-likeness (QED) is 0.649. The van der Waals surface area contributed by atoms with Gasteiger partial charge in [0.15, 0.2) is 0 Å². The van der Waals surface area contributed by atoms with Crippen LogP contribution in [0.25, 0.3) is 22.0 Å². The standard InChI is InChI=1S/C22H26N4O2.2ClH/c1-24(2)14-19-21(22(28)26-9-4-5-10-26)17-12-20(27)16(11-18(17)25(19)3)15-7-6-8-23-13-15;;/h6-8,11-13,27H,4-5,9-10,14H2,1-3H3;2*1H. The average Bonchev–Trinajstić information content (AvgIpc) is 3.29. The molecule has 3 heterocycles. The van der Waals surface area contributed by atoms with E-state index in [-0.39, 0.29) is 36.5 Å². The number of hydrogen-bond donors (Lipinski definition) is 1. The maximum atomic E-state index is 13.3. The lowest BCUT2D eigenvalue weighted by molar-refractivity contribution is 0.0792. The van der Waals surface area contributed by atoms with Gasteiger partial charge in [0.05, 0.1) is 5.56 Å². The zero-order valence-corrected chi connectivity index (χ0v) is 19.1. The summed E-state index contributed by atoms with van der Waals surface area (Å²) in [5.41, 5.74) is 4.19. The molecule has 162 valence electrons. The highest BCUT2D eigenvalue weighted by Gasteiger charge is 2.28. The Morgan fingerprint density at radius 3 is 2.50 bits per heavy atom. The van der Waals surface area contributed by atoms with Crippen molar-refractivity contribution in [3.05, 3.63) is 47.9 Å². The second-order valence-corrected chi connectivity index (χ2v) is 7.75. The Labute approximate surface area is 189 Å². The number of pyridine rings is 1. The lowest BCUT2D eigenvalue weighted by atomic mass is 10.0. The molecule has 1 fully saturated rings. The first kappa shape index (κ1) is 24.0. The number of halogens is 2. The van der Waals surface area contributed by atoms with Gasteiger partial charge in [-0.25, -0.2) is 0 Å². The van der Waals surface area contributed by atoms with Crippen molar-refractivity contribution >= 4 is 41.6 Å². The monoisotopic (exact) mass is 450 g/mol. The summed E-state index contributed by atoms with van der Waals surface area (Å²) >= 11 is 0. The first-order valence-corrected chi connectivity index (χ1v) is 9.66. The van der Waals surface area contributed by atoms with Crippen LogP contribution in [-0.2, 0) is 13.6 Å². The average molecular weight is 451 g/mol. The zero-order valence-electron chi connectivity index (χ0n) is 17.5. The number of phenolic OH excluding ortho intramolecular Hbond substituents is 1. The van der Waals surface area contributed by atoms with Crippen molar-refractivity contribution in [1.82, 2.24) is 19.4 Å². The molecule has 1 aliphatic rings. The fourth-order valence-corrected chi connectivity index (χ4v) is 4.08. The fraction of sp³-hybridized carbons (Fsp3) is 0.364. The molecule has 8 heteroatoms. The van der Waals surface area contributed by atoms with Crippen LogP contribution in [0.15, 0.2) is 36.7 Å². The Morgan fingerprint density at radius 1 is 1.20 bits per heavy atom. The summed E-state index contributed by atoms with van der Waals surface area (Å²) in [6.07, 6.45) is 5.55. The molecule has 0 aliphatic carbocycles. The molecule has 2 aromatic heterocycles. The van der Waals surface area contributed by atoms with Gasteiger partial charge in [-0.2, -0.15) is 0 Å². The molecule has 1 saturated heterocycles. The van der Waals surface area contributed by atoms with Gasteiger partial charge in [-0.15, -0.1) is 24.8 Å². The van der Waals surface area contributed by atoms with E-state index in [4.69, 9.17) is 0 Å². The van der Waals surface area contributed by atoms with Crippen molar-refractivity contribution in [3.63, 3.8) is 0 Å². The number of carbonyl (C=O) groups excluding carboxylic acids is 1. The molecular formula is C22H28Cl2N4O2. The van der Waals surface area contributed by atoms with Crippen LogP contribution in [0.2, 0.25) is 0 Å². The Hall–Kier alpha value is -2.28. The van der Waals surface area contributed by atoms with Crippen LogP contribution in [0.5, 0.6) is 5.75 Å². The minimum Gasteiger partial charge on any atom is -0.507 e. The molecule has 0 unspecified atom stereocenters. The molecule has 0 spiro atoms. The summed E-state index contributed by atoms with van der Waals surface area (Å²) in [7, 11) is 5.99. The molecule has 6 nitrogen and oxygen atoms in total. The maximum Gasteiger partial charge on any atom is 0.256 e. The highest BCUT2D eigenvalue weighted by molar-refractivity contribution is 6.10. The van der Waals surface area contributed by atoms with Crippen LogP contribution in [0.3, 0.4) is 0 Å². The highest BCUT2D eigenvalue weighted by atomic mass is 35.5. The Morgan fingerprint density at radius 2 is 1.90 bits per heavy atom.